The summed E-state index contributed by atoms with van der Waals surface area (Å²) >= 11 is 0. The van der Waals surface area contributed by atoms with E-state index in [2.05, 4.69) is 43.0 Å². The zero-order chi connectivity index (χ0) is 18.2. The third-order valence-corrected chi connectivity index (χ3v) is 3.92. The predicted molar refractivity (Wildman–Crippen MR) is 100 cm³/mol. The Kier molecular flexibility index (Phi) is 6.57. The van der Waals surface area contributed by atoms with Gasteiger partial charge in [-0.2, -0.15) is 0 Å². The Labute approximate surface area is 148 Å². The van der Waals surface area contributed by atoms with Gasteiger partial charge in [-0.15, -0.1) is 0 Å². The maximum atomic E-state index is 11.6. The minimum absolute atomic E-state index is 0.319. The van der Waals surface area contributed by atoms with Crippen molar-refractivity contribution in [3.63, 3.8) is 0 Å². The number of rotatable bonds is 7. The first kappa shape index (κ1) is 18.5. The van der Waals surface area contributed by atoms with Crippen LogP contribution in [0.4, 0.5) is 10.5 Å². The van der Waals surface area contributed by atoms with Gasteiger partial charge in [-0.1, -0.05) is 38.1 Å². The molecule has 0 saturated heterocycles. The van der Waals surface area contributed by atoms with Gasteiger partial charge in [0.2, 0.25) is 0 Å². The van der Waals surface area contributed by atoms with Crippen molar-refractivity contribution >= 4 is 17.7 Å². The largest absolute Gasteiger partial charge is 0.465 e. The van der Waals surface area contributed by atoms with Gasteiger partial charge in [0, 0.05) is 24.3 Å². The lowest BCUT2D eigenvalue weighted by molar-refractivity contribution is 0.0948. The number of nitrogens with zero attached hydrogens (tertiary/aromatic N) is 1. The van der Waals surface area contributed by atoms with E-state index in [4.69, 9.17) is 5.11 Å². The van der Waals surface area contributed by atoms with Crippen molar-refractivity contribution in [3.05, 3.63) is 54.1 Å². The average Bonchev–Trinajstić information content (AvgIpc) is 2.61. The van der Waals surface area contributed by atoms with Crippen LogP contribution in [-0.2, 0) is 0 Å². The van der Waals surface area contributed by atoms with Crippen molar-refractivity contribution < 1.29 is 14.7 Å². The van der Waals surface area contributed by atoms with E-state index in [1.54, 1.807) is 12.1 Å². The molecule has 0 heterocycles. The van der Waals surface area contributed by atoms with E-state index in [0.717, 1.165) is 37.1 Å². The number of anilines is 1. The number of hydrogen-bond acceptors (Lipinski definition) is 3. The second kappa shape index (κ2) is 8.87. The standard InChI is InChI=1S/C20H24N2O3/c1-3-13-22(14-4-2)18-11-9-16(10-12-18)15-5-7-17(8-6-15)19(23)21-20(24)25/h5-12H,3-4,13-14H2,1-2H3,(H,21,23)(H,24,25). The van der Waals surface area contributed by atoms with E-state index in [0.29, 0.717) is 5.56 Å². The molecule has 0 fully saturated rings. The molecule has 2 amide bonds. The van der Waals surface area contributed by atoms with Crippen LogP contribution >= 0.6 is 0 Å². The van der Waals surface area contributed by atoms with E-state index >= 15 is 0 Å². The van der Waals surface area contributed by atoms with Gasteiger partial charge < -0.3 is 10.0 Å². The summed E-state index contributed by atoms with van der Waals surface area (Å²) in [5, 5.41) is 10.4. The molecule has 2 aromatic carbocycles. The lowest BCUT2D eigenvalue weighted by Crippen LogP contribution is -2.28. The Morgan fingerprint density at radius 1 is 0.880 bits per heavy atom. The van der Waals surface area contributed by atoms with Gasteiger partial charge in [0.15, 0.2) is 0 Å². The first-order chi connectivity index (χ1) is 12.0. The van der Waals surface area contributed by atoms with E-state index in [1.807, 2.05) is 17.4 Å². The van der Waals surface area contributed by atoms with Gasteiger partial charge in [0.05, 0.1) is 0 Å². The molecule has 0 atom stereocenters. The zero-order valence-corrected chi connectivity index (χ0v) is 14.7. The Morgan fingerprint density at radius 2 is 1.36 bits per heavy atom. The van der Waals surface area contributed by atoms with Gasteiger partial charge in [0.25, 0.3) is 5.91 Å². The first-order valence-corrected chi connectivity index (χ1v) is 8.54. The molecule has 2 N–H and O–H groups in total. The third kappa shape index (κ3) is 5.08. The number of carbonyl (C=O) groups excluding carboxylic acids is 1. The quantitative estimate of drug-likeness (QED) is 0.784. The number of carboxylic acid groups (broad SMARTS) is 1. The van der Waals surface area contributed by atoms with Crippen LogP contribution in [0.15, 0.2) is 48.5 Å². The fourth-order valence-electron chi connectivity index (χ4n) is 2.76. The first-order valence-electron chi connectivity index (χ1n) is 8.54. The van der Waals surface area contributed by atoms with Crippen molar-refractivity contribution in [2.24, 2.45) is 0 Å². The lowest BCUT2D eigenvalue weighted by Gasteiger charge is -2.24. The molecule has 25 heavy (non-hydrogen) atoms. The van der Waals surface area contributed by atoms with E-state index in [9.17, 15) is 9.59 Å². The Morgan fingerprint density at radius 3 is 1.80 bits per heavy atom. The van der Waals surface area contributed by atoms with E-state index in [-0.39, 0.29) is 0 Å². The van der Waals surface area contributed by atoms with Crippen molar-refractivity contribution in [1.29, 1.82) is 0 Å². The molecule has 0 aromatic heterocycles. The third-order valence-electron chi connectivity index (χ3n) is 3.92. The van der Waals surface area contributed by atoms with Crippen LogP contribution in [0.2, 0.25) is 0 Å². The van der Waals surface area contributed by atoms with Crippen molar-refractivity contribution in [2.75, 3.05) is 18.0 Å². The molecular weight excluding hydrogens is 316 g/mol. The number of carbonyl (C=O) groups is 2. The highest BCUT2D eigenvalue weighted by Gasteiger charge is 2.09. The maximum absolute atomic E-state index is 11.6. The molecule has 5 heteroatoms. The van der Waals surface area contributed by atoms with Crippen LogP contribution < -0.4 is 10.2 Å². The maximum Gasteiger partial charge on any atom is 0.411 e. The van der Waals surface area contributed by atoms with Gasteiger partial charge in [-0.05, 0) is 48.2 Å². The summed E-state index contributed by atoms with van der Waals surface area (Å²) in [4.78, 5) is 24.5. The SMILES string of the molecule is CCCN(CCC)c1ccc(-c2ccc(C(=O)NC(=O)O)cc2)cc1. The Balaban J connectivity index is 2.14. The summed E-state index contributed by atoms with van der Waals surface area (Å²) in [6.07, 6.45) is 0.872. The monoisotopic (exact) mass is 340 g/mol. The highest BCUT2D eigenvalue weighted by atomic mass is 16.4. The van der Waals surface area contributed by atoms with Gasteiger partial charge in [0.1, 0.15) is 0 Å². The van der Waals surface area contributed by atoms with E-state index < -0.39 is 12.0 Å². The van der Waals surface area contributed by atoms with Crippen molar-refractivity contribution in [3.8, 4) is 11.1 Å². The molecular formula is C20H24N2O3. The molecule has 2 rings (SSSR count). The van der Waals surface area contributed by atoms with Crippen LogP contribution in [0.5, 0.6) is 0 Å². The smallest absolute Gasteiger partial charge is 0.411 e. The molecule has 0 aliphatic rings. The summed E-state index contributed by atoms with van der Waals surface area (Å²) in [5.74, 6) is -0.621. The highest BCUT2D eigenvalue weighted by Crippen LogP contribution is 2.24. The van der Waals surface area contributed by atoms with Crippen LogP contribution in [0.1, 0.15) is 37.0 Å². The summed E-state index contributed by atoms with van der Waals surface area (Å²) < 4.78 is 0. The molecule has 132 valence electrons. The van der Waals surface area contributed by atoms with Gasteiger partial charge >= 0.3 is 6.09 Å². The van der Waals surface area contributed by atoms with E-state index in [1.165, 1.54) is 5.69 Å². The van der Waals surface area contributed by atoms with Crippen molar-refractivity contribution in [2.45, 2.75) is 26.7 Å². The summed E-state index contributed by atoms with van der Waals surface area (Å²) in [7, 11) is 0. The lowest BCUT2D eigenvalue weighted by atomic mass is 10.0. The molecule has 0 saturated carbocycles. The molecule has 0 aliphatic heterocycles. The molecule has 5 nitrogen and oxygen atoms in total. The fourth-order valence-corrected chi connectivity index (χ4v) is 2.76. The zero-order valence-electron chi connectivity index (χ0n) is 14.7. The molecule has 0 aliphatic carbocycles. The highest BCUT2D eigenvalue weighted by molar-refractivity contribution is 6.02. The minimum Gasteiger partial charge on any atom is -0.465 e. The van der Waals surface area contributed by atoms with Crippen LogP contribution in [0, 0.1) is 0 Å². The number of hydrogen-bond donors (Lipinski definition) is 2. The molecule has 0 unspecified atom stereocenters. The summed E-state index contributed by atoms with van der Waals surface area (Å²) in [6.45, 7) is 6.44. The second-order valence-corrected chi connectivity index (χ2v) is 5.87. The van der Waals surface area contributed by atoms with Crippen LogP contribution in [0.3, 0.4) is 0 Å². The van der Waals surface area contributed by atoms with Gasteiger partial charge in [-0.25, -0.2) is 4.79 Å². The van der Waals surface area contributed by atoms with Gasteiger partial charge in [-0.3, -0.25) is 10.1 Å². The number of benzene rings is 2. The van der Waals surface area contributed by atoms with Crippen LogP contribution in [0.25, 0.3) is 11.1 Å². The second-order valence-electron chi connectivity index (χ2n) is 5.87. The number of nitrogens with one attached hydrogen (secondary N) is 1. The fraction of sp³-hybridized carbons (Fsp3) is 0.300. The Hall–Kier alpha value is -2.82. The average molecular weight is 340 g/mol. The van der Waals surface area contributed by atoms with Crippen molar-refractivity contribution in [1.82, 2.24) is 5.32 Å². The normalized spacial score (nSPS) is 10.3. The summed E-state index contributed by atoms with van der Waals surface area (Å²) in [5.41, 5.74) is 3.57. The summed E-state index contributed by atoms with van der Waals surface area (Å²) in [6, 6.07) is 15.3. The molecule has 2 aromatic rings. The molecule has 0 bridgehead atoms. The topological polar surface area (TPSA) is 69.6 Å². The predicted octanol–water partition coefficient (Wildman–Crippen LogP) is 4.39. The number of amides is 2. The Bertz CT molecular complexity index is 703. The van der Waals surface area contributed by atoms with Crippen LogP contribution in [-0.4, -0.2) is 30.2 Å². The minimum atomic E-state index is -1.35. The number of imide groups is 1. The molecule has 0 radical (unpaired) electrons. The molecule has 0 spiro atoms.